The molecule has 0 aromatic heterocycles. The van der Waals surface area contributed by atoms with Crippen LogP contribution >= 0.6 is 35.0 Å². The van der Waals surface area contributed by atoms with E-state index < -0.39 is 10.0 Å². The van der Waals surface area contributed by atoms with E-state index in [0.29, 0.717) is 23.7 Å². The van der Waals surface area contributed by atoms with Gasteiger partial charge < -0.3 is 4.90 Å². The molecule has 1 aliphatic heterocycles. The lowest BCUT2D eigenvalue weighted by atomic mass is 10.2. The number of benzene rings is 1. The highest BCUT2D eigenvalue weighted by atomic mass is 35.5. The summed E-state index contributed by atoms with van der Waals surface area (Å²) in [6, 6.07) is 3.03. The van der Waals surface area contributed by atoms with Crippen molar-refractivity contribution in [1.29, 1.82) is 0 Å². The van der Waals surface area contributed by atoms with Crippen LogP contribution in [0.2, 0.25) is 10.0 Å². The molecule has 2 rings (SSSR count). The summed E-state index contributed by atoms with van der Waals surface area (Å²) in [5, 5.41) is 0.659. The fourth-order valence-corrected chi connectivity index (χ4v) is 6.26. The van der Waals surface area contributed by atoms with Crippen molar-refractivity contribution in [3.63, 3.8) is 0 Å². The number of nitrogens with zero attached hydrogens (tertiary/aromatic N) is 2. The van der Waals surface area contributed by atoms with Crippen LogP contribution in [0.1, 0.15) is 12.0 Å². The first-order chi connectivity index (χ1) is 10.7. The molecule has 0 unspecified atom stereocenters. The molecule has 1 aromatic rings. The zero-order chi connectivity index (χ0) is 17.2. The minimum atomic E-state index is -3.65. The molecular weight excluding hydrogens is 375 g/mol. The van der Waals surface area contributed by atoms with E-state index in [4.69, 9.17) is 23.2 Å². The molecule has 1 heterocycles. The third-order valence-electron chi connectivity index (χ3n) is 3.76. The monoisotopic (exact) mass is 396 g/mol. The average molecular weight is 397 g/mol. The summed E-state index contributed by atoms with van der Waals surface area (Å²) in [6.45, 7) is 3.00. The summed E-state index contributed by atoms with van der Waals surface area (Å²) in [7, 11) is 0.269. The third-order valence-corrected chi connectivity index (χ3v) is 7.78. The van der Waals surface area contributed by atoms with Crippen molar-refractivity contribution >= 4 is 45.0 Å². The van der Waals surface area contributed by atoms with Gasteiger partial charge in [0.15, 0.2) is 0 Å². The lowest BCUT2D eigenvalue weighted by Gasteiger charge is -2.31. The van der Waals surface area contributed by atoms with Crippen molar-refractivity contribution in [2.75, 3.05) is 38.7 Å². The zero-order valence-corrected chi connectivity index (χ0v) is 16.7. The first-order valence-corrected chi connectivity index (χ1v) is 10.8. The van der Waals surface area contributed by atoms with Gasteiger partial charge in [-0.15, -0.1) is 0 Å². The molecule has 0 bridgehead atoms. The van der Waals surface area contributed by atoms with Crippen molar-refractivity contribution < 1.29 is 8.42 Å². The summed E-state index contributed by atoms with van der Waals surface area (Å²) < 4.78 is 28.0. The SMILES string of the molecule is Cc1cc(S(=O)(=O)N2CCCSC[C@H]2CN(C)C)c(Cl)cc1Cl. The second-order valence-corrected chi connectivity index (χ2v) is 9.82. The normalized spacial score (nSPS) is 20.7. The summed E-state index contributed by atoms with van der Waals surface area (Å²) in [4.78, 5) is 2.17. The first kappa shape index (κ1) is 19.3. The minimum Gasteiger partial charge on any atom is -0.308 e. The molecule has 4 nitrogen and oxygen atoms in total. The average Bonchev–Trinajstić information content (AvgIpc) is 2.67. The highest BCUT2D eigenvalue weighted by Gasteiger charge is 2.34. The molecule has 1 atom stereocenters. The Morgan fingerprint density at radius 3 is 2.65 bits per heavy atom. The largest absolute Gasteiger partial charge is 0.308 e. The Kier molecular flexibility index (Phi) is 6.67. The van der Waals surface area contributed by atoms with Gasteiger partial charge in [-0.2, -0.15) is 16.1 Å². The molecular formula is C15H22Cl2N2O2S2. The fraction of sp³-hybridized carbons (Fsp3) is 0.600. The van der Waals surface area contributed by atoms with E-state index in [9.17, 15) is 8.42 Å². The van der Waals surface area contributed by atoms with Crippen molar-refractivity contribution in [3.8, 4) is 0 Å². The maximum atomic E-state index is 13.2. The van der Waals surface area contributed by atoms with E-state index in [1.807, 2.05) is 19.0 Å². The van der Waals surface area contributed by atoms with Crippen molar-refractivity contribution in [2.24, 2.45) is 0 Å². The highest BCUT2D eigenvalue weighted by Crippen LogP contribution is 2.32. The quantitative estimate of drug-likeness (QED) is 0.781. The predicted molar refractivity (Wildman–Crippen MR) is 99.4 cm³/mol. The minimum absolute atomic E-state index is 0.0606. The standard InChI is InChI=1S/C15H22Cl2N2O2S2/c1-11-7-15(14(17)8-13(11)16)23(20,21)19-5-4-6-22-10-12(19)9-18(2)3/h7-8,12H,4-6,9-10H2,1-3H3/t12-/m1/s1. The van der Waals surface area contributed by atoms with Crippen LogP contribution < -0.4 is 0 Å². The summed E-state index contributed by atoms with van der Waals surface area (Å²) in [5.74, 6) is 1.77. The molecule has 130 valence electrons. The van der Waals surface area contributed by atoms with Crippen LogP contribution in [0, 0.1) is 6.92 Å². The van der Waals surface area contributed by atoms with Gasteiger partial charge in [-0.05, 0) is 50.9 Å². The highest BCUT2D eigenvalue weighted by molar-refractivity contribution is 7.99. The van der Waals surface area contributed by atoms with Crippen LogP contribution in [0.4, 0.5) is 0 Å². The van der Waals surface area contributed by atoms with Gasteiger partial charge in [0.05, 0.1) is 5.02 Å². The zero-order valence-electron chi connectivity index (χ0n) is 13.6. The molecule has 1 aliphatic rings. The Bertz CT molecular complexity index is 666. The van der Waals surface area contributed by atoms with E-state index >= 15 is 0 Å². The number of likely N-dealkylation sites (N-methyl/N-ethyl adjacent to an activating group) is 1. The van der Waals surface area contributed by atoms with E-state index in [1.165, 1.54) is 6.07 Å². The van der Waals surface area contributed by atoms with Gasteiger partial charge in [-0.25, -0.2) is 8.42 Å². The van der Waals surface area contributed by atoms with E-state index in [-0.39, 0.29) is 16.0 Å². The Morgan fingerprint density at radius 2 is 2.00 bits per heavy atom. The van der Waals surface area contributed by atoms with Crippen LogP contribution in [-0.2, 0) is 10.0 Å². The first-order valence-electron chi connectivity index (χ1n) is 7.43. The molecule has 0 radical (unpaired) electrons. The molecule has 1 saturated heterocycles. The number of hydrogen-bond acceptors (Lipinski definition) is 4. The van der Waals surface area contributed by atoms with Crippen molar-refractivity contribution in [3.05, 3.63) is 27.7 Å². The van der Waals surface area contributed by atoms with Gasteiger partial charge in [-0.1, -0.05) is 23.2 Å². The Balaban J connectivity index is 2.44. The third kappa shape index (κ3) is 4.55. The second kappa shape index (κ2) is 7.93. The molecule has 23 heavy (non-hydrogen) atoms. The fourth-order valence-electron chi connectivity index (χ4n) is 2.64. The van der Waals surface area contributed by atoms with E-state index in [1.54, 1.807) is 29.1 Å². The predicted octanol–water partition coefficient (Wildman–Crippen LogP) is 3.36. The smallest absolute Gasteiger partial charge is 0.244 e. The van der Waals surface area contributed by atoms with Gasteiger partial charge in [0.1, 0.15) is 4.90 Å². The summed E-state index contributed by atoms with van der Waals surface area (Å²) in [6.07, 6.45) is 0.845. The number of sulfonamides is 1. The van der Waals surface area contributed by atoms with Gasteiger partial charge in [-0.3, -0.25) is 0 Å². The topological polar surface area (TPSA) is 40.6 Å². The van der Waals surface area contributed by atoms with Crippen LogP contribution in [0.25, 0.3) is 0 Å². The molecule has 0 amide bonds. The van der Waals surface area contributed by atoms with E-state index in [2.05, 4.69) is 0 Å². The molecule has 1 aromatic carbocycles. The maximum absolute atomic E-state index is 13.2. The Hall–Kier alpha value is 0.0200. The van der Waals surface area contributed by atoms with Crippen LogP contribution in [0.15, 0.2) is 17.0 Å². The van der Waals surface area contributed by atoms with Gasteiger partial charge in [0, 0.05) is 29.9 Å². The van der Waals surface area contributed by atoms with Gasteiger partial charge in [0.2, 0.25) is 10.0 Å². The number of halogens is 2. The second-order valence-electron chi connectivity index (χ2n) is 5.99. The molecule has 0 N–H and O–H groups in total. The number of aryl methyl sites for hydroxylation is 1. The van der Waals surface area contributed by atoms with Crippen molar-refractivity contribution in [1.82, 2.24) is 9.21 Å². The van der Waals surface area contributed by atoms with E-state index in [0.717, 1.165) is 17.9 Å². The van der Waals surface area contributed by atoms with Gasteiger partial charge in [0.25, 0.3) is 0 Å². The van der Waals surface area contributed by atoms with Crippen LogP contribution in [0.5, 0.6) is 0 Å². The summed E-state index contributed by atoms with van der Waals surface area (Å²) in [5.41, 5.74) is 0.711. The van der Waals surface area contributed by atoms with Crippen LogP contribution in [0.3, 0.4) is 0 Å². The maximum Gasteiger partial charge on any atom is 0.244 e. The van der Waals surface area contributed by atoms with Crippen molar-refractivity contribution in [2.45, 2.75) is 24.3 Å². The van der Waals surface area contributed by atoms with Crippen LogP contribution in [-0.4, -0.2) is 62.4 Å². The molecule has 0 saturated carbocycles. The number of thioether (sulfide) groups is 1. The lowest BCUT2D eigenvalue weighted by molar-refractivity contribution is 0.271. The Morgan fingerprint density at radius 1 is 1.30 bits per heavy atom. The molecule has 0 spiro atoms. The number of hydrogen-bond donors (Lipinski definition) is 0. The van der Waals surface area contributed by atoms with Gasteiger partial charge >= 0.3 is 0 Å². The number of rotatable bonds is 4. The molecule has 1 fully saturated rings. The molecule has 8 heteroatoms. The lowest BCUT2D eigenvalue weighted by Crippen LogP contribution is -2.46. The molecule has 0 aliphatic carbocycles. The Labute approximate surface area is 153 Å². The summed E-state index contributed by atoms with van der Waals surface area (Å²) >= 11 is 14.0.